The van der Waals surface area contributed by atoms with E-state index in [4.69, 9.17) is 15.6 Å². The lowest BCUT2D eigenvalue weighted by Crippen LogP contribution is -2.20. The van der Waals surface area contributed by atoms with Crippen molar-refractivity contribution in [3.05, 3.63) is 39.4 Å². The van der Waals surface area contributed by atoms with Crippen molar-refractivity contribution >= 4 is 17.6 Å². The minimum atomic E-state index is -1.17. The largest absolute Gasteiger partial charge is 0.479 e. The Morgan fingerprint density at radius 2 is 2.16 bits per heavy atom. The molecule has 8 nitrogen and oxygen atoms in total. The molecule has 0 unspecified atom stereocenters. The number of hydrogen-bond acceptors (Lipinski definition) is 5. The third kappa shape index (κ3) is 3.75. The number of benzene rings is 1. The van der Waals surface area contributed by atoms with E-state index < -0.39 is 22.9 Å². The molecule has 19 heavy (non-hydrogen) atoms. The van der Waals surface area contributed by atoms with Gasteiger partial charge in [0.05, 0.1) is 17.1 Å². The summed E-state index contributed by atoms with van der Waals surface area (Å²) in [5.41, 5.74) is 4.86. The molecular formula is C11H12N2O6. The van der Waals surface area contributed by atoms with Gasteiger partial charge in [0.25, 0.3) is 5.69 Å². The number of ether oxygens (including phenoxy) is 1. The summed E-state index contributed by atoms with van der Waals surface area (Å²) in [6.45, 7) is 1.06. The van der Waals surface area contributed by atoms with Crippen LogP contribution in [0.25, 0.3) is 0 Å². The first-order valence-electron chi connectivity index (χ1n) is 5.24. The van der Waals surface area contributed by atoms with Crippen LogP contribution in [-0.2, 0) is 16.1 Å². The summed E-state index contributed by atoms with van der Waals surface area (Å²) < 4.78 is 4.96. The van der Waals surface area contributed by atoms with Gasteiger partial charge in [-0.1, -0.05) is 0 Å². The molecule has 1 atom stereocenters. The third-order valence-electron chi connectivity index (χ3n) is 2.40. The highest BCUT2D eigenvalue weighted by molar-refractivity contribution is 5.93. The average Bonchev–Trinajstić information content (AvgIpc) is 2.35. The molecule has 0 saturated heterocycles. The van der Waals surface area contributed by atoms with Crippen molar-refractivity contribution in [2.24, 2.45) is 5.73 Å². The van der Waals surface area contributed by atoms with Crippen molar-refractivity contribution in [2.45, 2.75) is 19.6 Å². The Labute approximate surface area is 107 Å². The molecule has 0 radical (unpaired) electrons. The van der Waals surface area contributed by atoms with Gasteiger partial charge in [-0.2, -0.15) is 0 Å². The number of amides is 1. The number of carboxylic acid groups (broad SMARTS) is 1. The first-order valence-corrected chi connectivity index (χ1v) is 5.24. The van der Waals surface area contributed by atoms with Gasteiger partial charge in [0.1, 0.15) is 0 Å². The van der Waals surface area contributed by atoms with E-state index in [2.05, 4.69) is 0 Å². The topological polar surface area (TPSA) is 133 Å². The van der Waals surface area contributed by atoms with Crippen LogP contribution in [0.3, 0.4) is 0 Å². The second-order valence-corrected chi connectivity index (χ2v) is 3.76. The normalized spacial score (nSPS) is 11.8. The highest BCUT2D eigenvalue weighted by Gasteiger charge is 2.19. The molecule has 1 rings (SSSR count). The van der Waals surface area contributed by atoms with Gasteiger partial charge >= 0.3 is 5.97 Å². The second kappa shape index (κ2) is 5.91. The van der Waals surface area contributed by atoms with E-state index in [-0.39, 0.29) is 23.4 Å². The maximum atomic E-state index is 10.9. The Hall–Kier alpha value is -2.48. The van der Waals surface area contributed by atoms with Gasteiger partial charge in [0, 0.05) is 11.6 Å². The van der Waals surface area contributed by atoms with Crippen LogP contribution in [0, 0.1) is 10.1 Å². The highest BCUT2D eigenvalue weighted by Crippen LogP contribution is 2.21. The van der Waals surface area contributed by atoms with Gasteiger partial charge in [-0.15, -0.1) is 0 Å². The summed E-state index contributed by atoms with van der Waals surface area (Å²) in [5.74, 6) is -1.95. The van der Waals surface area contributed by atoms with E-state index in [0.717, 1.165) is 6.07 Å². The molecule has 0 aliphatic carbocycles. The van der Waals surface area contributed by atoms with Crippen LogP contribution in [0.2, 0.25) is 0 Å². The van der Waals surface area contributed by atoms with Gasteiger partial charge in [0.15, 0.2) is 6.10 Å². The molecule has 1 amide bonds. The minimum absolute atomic E-state index is 0.00160. The first-order chi connectivity index (χ1) is 8.82. The van der Waals surface area contributed by atoms with Crippen molar-refractivity contribution < 1.29 is 24.4 Å². The number of aliphatic carboxylic acids is 1. The summed E-state index contributed by atoms with van der Waals surface area (Å²) >= 11 is 0. The maximum Gasteiger partial charge on any atom is 0.332 e. The lowest BCUT2D eigenvalue weighted by atomic mass is 10.1. The molecule has 0 fully saturated rings. The SMILES string of the molecule is C[C@@H](OCc1ccc(C(N)=O)cc1[N+](=O)[O-])C(=O)O. The Morgan fingerprint density at radius 3 is 2.63 bits per heavy atom. The Kier molecular flexibility index (Phi) is 4.54. The molecule has 0 spiro atoms. The fourth-order valence-corrected chi connectivity index (χ4v) is 1.30. The number of hydrogen-bond donors (Lipinski definition) is 2. The summed E-state index contributed by atoms with van der Waals surface area (Å²) in [6.07, 6.45) is -1.09. The Bertz CT molecular complexity index is 528. The number of nitro benzene ring substituents is 1. The predicted molar refractivity (Wildman–Crippen MR) is 63.5 cm³/mol. The van der Waals surface area contributed by atoms with Crippen LogP contribution in [0.4, 0.5) is 5.69 Å². The first kappa shape index (κ1) is 14.6. The number of nitrogens with two attached hydrogens (primary N) is 1. The molecule has 0 aliphatic rings. The number of carbonyl (C=O) groups is 2. The molecule has 0 aliphatic heterocycles. The number of primary amides is 1. The van der Waals surface area contributed by atoms with Gasteiger partial charge in [-0.25, -0.2) is 4.79 Å². The summed E-state index contributed by atoms with van der Waals surface area (Å²) in [5, 5.41) is 19.5. The predicted octanol–water partition coefficient (Wildman–Crippen LogP) is 0.683. The van der Waals surface area contributed by atoms with Crippen molar-refractivity contribution in [1.82, 2.24) is 0 Å². The monoisotopic (exact) mass is 268 g/mol. The zero-order valence-corrected chi connectivity index (χ0v) is 10.0. The summed E-state index contributed by atoms with van der Waals surface area (Å²) in [6, 6.07) is 3.67. The third-order valence-corrected chi connectivity index (χ3v) is 2.40. The van der Waals surface area contributed by atoms with E-state index >= 15 is 0 Å². The quantitative estimate of drug-likeness (QED) is 0.575. The second-order valence-electron chi connectivity index (χ2n) is 3.76. The van der Waals surface area contributed by atoms with Gasteiger partial charge in [-0.3, -0.25) is 14.9 Å². The summed E-state index contributed by atoms with van der Waals surface area (Å²) in [7, 11) is 0. The smallest absolute Gasteiger partial charge is 0.332 e. The molecule has 3 N–H and O–H groups in total. The van der Waals surface area contributed by atoms with Crippen LogP contribution in [0.15, 0.2) is 18.2 Å². The van der Waals surface area contributed by atoms with Gasteiger partial charge < -0.3 is 15.6 Å². The standard InChI is InChI=1S/C11H12N2O6/c1-6(11(15)16)19-5-8-3-2-7(10(12)14)4-9(8)13(17)18/h2-4,6H,5H2,1H3,(H2,12,14)(H,15,16)/t6-/m1/s1. The highest BCUT2D eigenvalue weighted by atomic mass is 16.6. The van der Waals surface area contributed by atoms with Crippen molar-refractivity contribution in [3.8, 4) is 0 Å². The fraction of sp³-hybridized carbons (Fsp3) is 0.273. The molecule has 1 aromatic carbocycles. The molecule has 0 aromatic heterocycles. The van der Waals surface area contributed by atoms with E-state index in [1.807, 2.05) is 0 Å². The minimum Gasteiger partial charge on any atom is -0.479 e. The van der Waals surface area contributed by atoms with Crippen LogP contribution in [-0.4, -0.2) is 28.0 Å². The number of nitrogens with zero attached hydrogens (tertiary/aromatic N) is 1. The molecule has 0 saturated carbocycles. The lowest BCUT2D eigenvalue weighted by Gasteiger charge is -2.09. The average molecular weight is 268 g/mol. The molecule has 1 aromatic rings. The number of rotatable bonds is 6. The van der Waals surface area contributed by atoms with E-state index in [1.54, 1.807) is 0 Å². The van der Waals surface area contributed by atoms with Gasteiger partial charge in [0.2, 0.25) is 5.91 Å². The van der Waals surface area contributed by atoms with Crippen molar-refractivity contribution in [2.75, 3.05) is 0 Å². The lowest BCUT2D eigenvalue weighted by molar-refractivity contribution is -0.386. The number of carbonyl (C=O) groups excluding carboxylic acids is 1. The van der Waals surface area contributed by atoms with Crippen molar-refractivity contribution in [1.29, 1.82) is 0 Å². The molecular weight excluding hydrogens is 256 g/mol. The van der Waals surface area contributed by atoms with Crippen LogP contribution in [0.5, 0.6) is 0 Å². The molecule has 0 bridgehead atoms. The van der Waals surface area contributed by atoms with Crippen LogP contribution in [0.1, 0.15) is 22.8 Å². The van der Waals surface area contributed by atoms with Crippen LogP contribution >= 0.6 is 0 Å². The number of carboxylic acids is 1. The fourth-order valence-electron chi connectivity index (χ4n) is 1.30. The molecule has 0 heterocycles. The zero-order valence-electron chi connectivity index (χ0n) is 10.0. The van der Waals surface area contributed by atoms with E-state index in [0.29, 0.717) is 0 Å². The molecule has 8 heteroatoms. The van der Waals surface area contributed by atoms with Crippen molar-refractivity contribution in [3.63, 3.8) is 0 Å². The Balaban J connectivity index is 2.97. The Morgan fingerprint density at radius 1 is 1.53 bits per heavy atom. The maximum absolute atomic E-state index is 10.9. The number of nitro groups is 1. The van der Waals surface area contributed by atoms with Crippen LogP contribution < -0.4 is 5.73 Å². The summed E-state index contributed by atoms with van der Waals surface area (Å²) in [4.78, 5) is 31.7. The van der Waals surface area contributed by atoms with Gasteiger partial charge in [-0.05, 0) is 19.1 Å². The zero-order chi connectivity index (χ0) is 14.6. The molecule has 102 valence electrons. The van der Waals surface area contributed by atoms with E-state index in [1.165, 1.54) is 19.1 Å². The van der Waals surface area contributed by atoms with E-state index in [9.17, 15) is 19.7 Å².